The minimum Gasteiger partial charge on any atom is -0.383 e. The van der Waals surface area contributed by atoms with E-state index in [9.17, 15) is 4.79 Å². The molecule has 3 N–H and O–H groups in total. The molecule has 1 heterocycles. The van der Waals surface area contributed by atoms with Crippen LogP contribution in [0.3, 0.4) is 0 Å². The Morgan fingerprint density at radius 3 is 2.76 bits per heavy atom. The molecule has 1 rings (SSSR count). The summed E-state index contributed by atoms with van der Waals surface area (Å²) in [6.07, 6.45) is 1.57. The summed E-state index contributed by atoms with van der Waals surface area (Å²) in [7, 11) is 0. The van der Waals surface area contributed by atoms with Gasteiger partial charge in [-0.2, -0.15) is 0 Å². The Bertz CT molecular complexity index is 363. The Balaban J connectivity index is 2.43. The first kappa shape index (κ1) is 13.4. The maximum Gasteiger partial charge on any atom is 0.255 e. The topological polar surface area (TPSA) is 71.2 Å². The normalized spacial score (nSPS) is 10.5. The van der Waals surface area contributed by atoms with E-state index in [2.05, 4.69) is 29.0 Å². The molecule has 0 aliphatic rings. The van der Waals surface area contributed by atoms with Gasteiger partial charge in [0.15, 0.2) is 0 Å². The van der Waals surface area contributed by atoms with Gasteiger partial charge < -0.3 is 16.0 Å². The van der Waals surface area contributed by atoms with Crippen LogP contribution in [-0.4, -0.2) is 42.0 Å². The van der Waals surface area contributed by atoms with Crippen molar-refractivity contribution in [3.63, 3.8) is 0 Å². The van der Waals surface area contributed by atoms with Crippen molar-refractivity contribution >= 4 is 11.7 Å². The van der Waals surface area contributed by atoms with Crippen LogP contribution in [0.25, 0.3) is 0 Å². The third kappa shape index (κ3) is 4.03. The van der Waals surface area contributed by atoms with Crippen LogP contribution < -0.4 is 11.1 Å². The number of carbonyl (C=O) groups is 1. The zero-order chi connectivity index (χ0) is 12.7. The molecule has 0 fully saturated rings. The molecule has 5 nitrogen and oxygen atoms in total. The SMILES string of the molecule is CCN(CC)CCNC(=O)c1cccnc1N. The molecule has 0 aliphatic heterocycles. The molecule has 0 aliphatic carbocycles. The molecule has 0 atom stereocenters. The summed E-state index contributed by atoms with van der Waals surface area (Å²) in [6, 6.07) is 3.38. The molecule has 0 saturated carbocycles. The van der Waals surface area contributed by atoms with Crippen LogP contribution in [0.4, 0.5) is 5.82 Å². The van der Waals surface area contributed by atoms with Gasteiger partial charge in [-0.25, -0.2) is 4.98 Å². The molecule has 0 spiro atoms. The molecule has 17 heavy (non-hydrogen) atoms. The minimum absolute atomic E-state index is 0.164. The van der Waals surface area contributed by atoms with E-state index in [4.69, 9.17) is 5.73 Å². The lowest BCUT2D eigenvalue weighted by atomic mass is 10.2. The van der Waals surface area contributed by atoms with Gasteiger partial charge in [0, 0.05) is 19.3 Å². The summed E-state index contributed by atoms with van der Waals surface area (Å²) in [4.78, 5) is 17.9. The van der Waals surface area contributed by atoms with Gasteiger partial charge in [0.25, 0.3) is 5.91 Å². The second-order valence-electron chi connectivity index (χ2n) is 3.72. The molecular formula is C12H20N4O. The van der Waals surface area contributed by atoms with Crippen LogP contribution in [0.1, 0.15) is 24.2 Å². The minimum atomic E-state index is -0.164. The van der Waals surface area contributed by atoms with E-state index >= 15 is 0 Å². The zero-order valence-corrected chi connectivity index (χ0v) is 10.4. The van der Waals surface area contributed by atoms with Crippen LogP contribution in [0.2, 0.25) is 0 Å². The monoisotopic (exact) mass is 236 g/mol. The van der Waals surface area contributed by atoms with Crippen molar-refractivity contribution in [1.82, 2.24) is 15.2 Å². The fourth-order valence-corrected chi connectivity index (χ4v) is 1.57. The number of hydrogen-bond acceptors (Lipinski definition) is 4. The number of amides is 1. The van der Waals surface area contributed by atoms with Crippen LogP contribution in [-0.2, 0) is 0 Å². The molecule has 0 saturated heterocycles. The van der Waals surface area contributed by atoms with Gasteiger partial charge in [-0.3, -0.25) is 4.79 Å². The van der Waals surface area contributed by atoms with Gasteiger partial charge in [-0.15, -0.1) is 0 Å². The summed E-state index contributed by atoms with van der Waals surface area (Å²) < 4.78 is 0. The van der Waals surface area contributed by atoms with E-state index in [0.29, 0.717) is 12.1 Å². The predicted molar refractivity (Wildman–Crippen MR) is 68.8 cm³/mol. The number of aromatic nitrogens is 1. The Kier molecular flexibility index (Phi) is 5.42. The number of nitrogen functional groups attached to an aromatic ring is 1. The molecule has 0 radical (unpaired) electrons. The molecule has 1 aromatic heterocycles. The van der Waals surface area contributed by atoms with Crippen molar-refractivity contribution in [3.05, 3.63) is 23.9 Å². The van der Waals surface area contributed by atoms with Crippen LogP contribution in [0.15, 0.2) is 18.3 Å². The second kappa shape index (κ2) is 6.85. The first-order valence-corrected chi connectivity index (χ1v) is 5.90. The first-order valence-electron chi connectivity index (χ1n) is 5.90. The highest BCUT2D eigenvalue weighted by Crippen LogP contribution is 2.05. The number of nitrogens with zero attached hydrogens (tertiary/aromatic N) is 2. The van der Waals surface area contributed by atoms with Crippen molar-refractivity contribution in [2.24, 2.45) is 0 Å². The first-order chi connectivity index (χ1) is 8.19. The Morgan fingerprint density at radius 1 is 1.47 bits per heavy atom. The van der Waals surface area contributed by atoms with E-state index < -0.39 is 0 Å². The van der Waals surface area contributed by atoms with Crippen LogP contribution >= 0.6 is 0 Å². The van der Waals surface area contributed by atoms with E-state index in [1.807, 2.05) is 0 Å². The highest BCUT2D eigenvalue weighted by Gasteiger charge is 2.09. The summed E-state index contributed by atoms with van der Waals surface area (Å²) in [6.45, 7) is 7.64. The van der Waals surface area contributed by atoms with Gasteiger partial charge in [0.05, 0.1) is 5.56 Å². The van der Waals surface area contributed by atoms with Gasteiger partial charge in [-0.05, 0) is 25.2 Å². The predicted octanol–water partition coefficient (Wildman–Crippen LogP) is 0.735. The molecule has 5 heteroatoms. The highest BCUT2D eigenvalue weighted by atomic mass is 16.1. The van der Waals surface area contributed by atoms with Gasteiger partial charge in [0.2, 0.25) is 0 Å². The number of pyridine rings is 1. The van der Waals surface area contributed by atoms with E-state index in [0.717, 1.165) is 19.6 Å². The molecule has 1 amide bonds. The van der Waals surface area contributed by atoms with E-state index in [-0.39, 0.29) is 11.7 Å². The molecule has 0 aromatic carbocycles. The van der Waals surface area contributed by atoms with Gasteiger partial charge >= 0.3 is 0 Å². The number of likely N-dealkylation sites (N-methyl/N-ethyl adjacent to an activating group) is 1. The summed E-state index contributed by atoms with van der Waals surface area (Å²) in [5, 5.41) is 2.84. The summed E-state index contributed by atoms with van der Waals surface area (Å²) in [5.41, 5.74) is 6.06. The van der Waals surface area contributed by atoms with E-state index in [1.54, 1.807) is 18.3 Å². The fraction of sp³-hybridized carbons (Fsp3) is 0.500. The maximum absolute atomic E-state index is 11.8. The highest BCUT2D eigenvalue weighted by molar-refractivity contribution is 5.98. The standard InChI is InChI=1S/C12H20N4O/c1-3-16(4-2)9-8-15-12(17)10-6-5-7-14-11(10)13/h5-7H,3-4,8-9H2,1-2H3,(H2,13,14)(H,15,17). The lowest BCUT2D eigenvalue weighted by Gasteiger charge is -2.18. The summed E-state index contributed by atoms with van der Waals surface area (Å²) >= 11 is 0. The fourth-order valence-electron chi connectivity index (χ4n) is 1.57. The second-order valence-corrected chi connectivity index (χ2v) is 3.72. The van der Waals surface area contributed by atoms with Crippen molar-refractivity contribution in [2.45, 2.75) is 13.8 Å². The quantitative estimate of drug-likeness (QED) is 0.764. The number of nitrogens with one attached hydrogen (secondary N) is 1. The third-order valence-corrected chi connectivity index (χ3v) is 2.69. The number of anilines is 1. The number of hydrogen-bond donors (Lipinski definition) is 2. The van der Waals surface area contributed by atoms with E-state index in [1.165, 1.54) is 0 Å². The Hall–Kier alpha value is -1.62. The molecular weight excluding hydrogens is 216 g/mol. The van der Waals surface area contributed by atoms with Crippen LogP contribution in [0, 0.1) is 0 Å². The Morgan fingerprint density at radius 2 is 2.18 bits per heavy atom. The molecule has 0 bridgehead atoms. The molecule has 94 valence electrons. The lowest BCUT2D eigenvalue weighted by molar-refractivity contribution is 0.0949. The van der Waals surface area contributed by atoms with Crippen molar-refractivity contribution in [1.29, 1.82) is 0 Å². The van der Waals surface area contributed by atoms with Crippen molar-refractivity contribution < 1.29 is 4.79 Å². The van der Waals surface area contributed by atoms with Gasteiger partial charge in [0.1, 0.15) is 5.82 Å². The molecule has 1 aromatic rings. The average Bonchev–Trinajstić information content (AvgIpc) is 2.35. The number of rotatable bonds is 6. The molecule has 0 unspecified atom stereocenters. The lowest BCUT2D eigenvalue weighted by Crippen LogP contribution is -2.35. The van der Waals surface area contributed by atoms with Crippen molar-refractivity contribution in [3.8, 4) is 0 Å². The summed E-state index contributed by atoms with van der Waals surface area (Å²) in [5.74, 6) is 0.107. The smallest absolute Gasteiger partial charge is 0.255 e. The van der Waals surface area contributed by atoms with Crippen LogP contribution in [0.5, 0.6) is 0 Å². The number of carbonyl (C=O) groups excluding carboxylic acids is 1. The number of nitrogens with two attached hydrogens (primary N) is 1. The maximum atomic E-state index is 11.8. The average molecular weight is 236 g/mol. The van der Waals surface area contributed by atoms with Crippen molar-refractivity contribution in [2.75, 3.05) is 31.9 Å². The zero-order valence-electron chi connectivity index (χ0n) is 10.4. The Labute approximate surface area is 102 Å². The third-order valence-electron chi connectivity index (χ3n) is 2.69. The largest absolute Gasteiger partial charge is 0.383 e. The van der Waals surface area contributed by atoms with Gasteiger partial charge in [-0.1, -0.05) is 13.8 Å².